The molecule has 0 bridgehead atoms. The quantitative estimate of drug-likeness (QED) is 0.265. The van der Waals surface area contributed by atoms with Crippen LogP contribution in [-0.4, -0.2) is 60.9 Å². The Bertz CT molecular complexity index is 1540. The highest BCUT2D eigenvalue weighted by atomic mass is 32.2. The number of amides is 1. The van der Waals surface area contributed by atoms with Crippen molar-refractivity contribution >= 4 is 21.6 Å². The molecule has 2 aromatic carbocycles. The van der Waals surface area contributed by atoms with Crippen molar-refractivity contribution in [3.05, 3.63) is 63.8 Å². The van der Waals surface area contributed by atoms with Gasteiger partial charge in [-0.15, -0.1) is 0 Å². The van der Waals surface area contributed by atoms with Gasteiger partial charge in [-0.05, 0) is 70.9 Å². The van der Waals surface area contributed by atoms with Crippen LogP contribution in [0.5, 0.6) is 17.4 Å². The number of nitrogens with one attached hydrogen (secondary N) is 2. The average molecular weight is 588 g/mol. The lowest BCUT2D eigenvalue weighted by Crippen LogP contribution is -2.40. The number of ether oxygens (including phenoxy) is 3. The summed E-state index contributed by atoms with van der Waals surface area (Å²) in [4.78, 5) is 23.5. The van der Waals surface area contributed by atoms with E-state index in [0.29, 0.717) is 30.2 Å². The normalized spacial score (nSPS) is 15.5. The van der Waals surface area contributed by atoms with E-state index in [1.165, 1.54) is 17.9 Å². The van der Waals surface area contributed by atoms with Crippen molar-refractivity contribution in [2.45, 2.75) is 57.1 Å². The highest BCUT2D eigenvalue weighted by Crippen LogP contribution is 2.36. The summed E-state index contributed by atoms with van der Waals surface area (Å²) in [5.74, 6) is 0.00241. The molecule has 220 valence electrons. The van der Waals surface area contributed by atoms with Gasteiger partial charge in [-0.1, -0.05) is 0 Å². The molecule has 0 saturated carbocycles. The molecule has 1 aromatic heterocycles. The first kappa shape index (κ1) is 30.0. The van der Waals surface area contributed by atoms with Gasteiger partial charge in [0, 0.05) is 36.4 Å². The molecule has 1 unspecified atom stereocenters. The van der Waals surface area contributed by atoms with Gasteiger partial charge in [0.1, 0.15) is 16.4 Å². The van der Waals surface area contributed by atoms with E-state index in [1.54, 1.807) is 52.0 Å². The number of nitro groups is 1. The molecule has 1 aliphatic heterocycles. The van der Waals surface area contributed by atoms with E-state index in [2.05, 4.69) is 15.1 Å². The number of carbonyl (C=O) groups is 1. The van der Waals surface area contributed by atoms with Gasteiger partial charge in [-0.3, -0.25) is 14.9 Å². The number of hydrogen-bond donors (Lipinski definition) is 2. The molecule has 13 nitrogen and oxygen atoms in total. The lowest BCUT2D eigenvalue weighted by atomic mass is 10.1. The molecule has 1 saturated heterocycles. The summed E-state index contributed by atoms with van der Waals surface area (Å²) >= 11 is 0. The summed E-state index contributed by atoms with van der Waals surface area (Å²) in [6.07, 6.45) is 1.68. The van der Waals surface area contributed by atoms with Crippen molar-refractivity contribution in [2.24, 2.45) is 0 Å². The molecule has 1 atom stereocenters. The molecular formula is C27H33N5O8S. The number of hydrogen-bond acceptors (Lipinski definition) is 9. The van der Waals surface area contributed by atoms with Gasteiger partial charge in [-0.25, -0.2) is 13.1 Å². The van der Waals surface area contributed by atoms with Gasteiger partial charge in [0.15, 0.2) is 5.69 Å². The number of methoxy groups -OCH3 is 1. The number of carbonyl (C=O) groups excluding carboxylic acids is 1. The predicted molar refractivity (Wildman–Crippen MR) is 149 cm³/mol. The maximum absolute atomic E-state index is 13.3. The van der Waals surface area contributed by atoms with Gasteiger partial charge >= 0.3 is 0 Å². The van der Waals surface area contributed by atoms with E-state index < -0.39 is 37.0 Å². The Morgan fingerprint density at radius 3 is 2.51 bits per heavy atom. The molecule has 4 rings (SSSR count). The Labute approximate surface area is 238 Å². The van der Waals surface area contributed by atoms with Crippen LogP contribution in [-0.2, 0) is 14.8 Å². The minimum atomic E-state index is -4.27. The van der Waals surface area contributed by atoms with Gasteiger partial charge in [-0.2, -0.15) is 9.78 Å². The van der Waals surface area contributed by atoms with Crippen molar-refractivity contribution in [3.8, 4) is 23.1 Å². The van der Waals surface area contributed by atoms with E-state index in [0.717, 1.165) is 25.0 Å². The van der Waals surface area contributed by atoms with E-state index in [1.807, 2.05) is 0 Å². The van der Waals surface area contributed by atoms with E-state index in [4.69, 9.17) is 14.2 Å². The van der Waals surface area contributed by atoms with Gasteiger partial charge < -0.3 is 19.5 Å². The molecular weight excluding hydrogens is 554 g/mol. The molecule has 0 aliphatic carbocycles. The SMILES string of the molecule is COc1ccc(-n2nc(C(=O)NCC3CCCO3)c(C)c2Oc2ccc([N+](=O)[O-])cc2S(=O)(=O)NC(C)(C)C)cc1. The third-order valence-corrected chi connectivity index (χ3v) is 7.97. The summed E-state index contributed by atoms with van der Waals surface area (Å²) in [5, 5.41) is 18.8. The highest BCUT2D eigenvalue weighted by Gasteiger charge is 2.30. The third kappa shape index (κ3) is 7.01. The van der Waals surface area contributed by atoms with Gasteiger partial charge in [0.05, 0.1) is 23.8 Å². The molecule has 3 aromatic rings. The van der Waals surface area contributed by atoms with Crippen LogP contribution in [0.4, 0.5) is 5.69 Å². The molecule has 2 N–H and O–H groups in total. The Hall–Kier alpha value is -4.01. The van der Waals surface area contributed by atoms with Crippen LogP contribution in [0.2, 0.25) is 0 Å². The summed E-state index contributed by atoms with van der Waals surface area (Å²) in [6, 6.07) is 10.1. The lowest BCUT2D eigenvalue weighted by molar-refractivity contribution is -0.385. The fourth-order valence-electron chi connectivity index (χ4n) is 4.28. The molecule has 1 fully saturated rings. The molecule has 41 heavy (non-hydrogen) atoms. The largest absolute Gasteiger partial charge is 0.497 e. The first-order valence-electron chi connectivity index (χ1n) is 12.9. The zero-order valence-electron chi connectivity index (χ0n) is 23.5. The number of nitrogens with zero attached hydrogens (tertiary/aromatic N) is 3. The van der Waals surface area contributed by atoms with Crippen LogP contribution in [0.25, 0.3) is 5.69 Å². The van der Waals surface area contributed by atoms with Crippen molar-refractivity contribution in [1.82, 2.24) is 19.8 Å². The van der Waals surface area contributed by atoms with E-state index in [-0.39, 0.29) is 23.4 Å². The second-order valence-electron chi connectivity index (χ2n) is 10.6. The Balaban J connectivity index is 1.80. The van der Waals surface area contributed by atoms with Crippen LogP contribution in [0.1, 0.15) is 49.7 Å². The maximum atomic E-state index is 13.3. The average Bonchev–Trinajstić information content (AvgIpc) is 3.54. The predicted octanol–water partition coefficient (Wildman–Crippen LogP) is 3.88. The number of rotatable bonds is 10. The molecule has 1 aliphatic rings. The first-order valence-corrected chi connectivity index (χ1v) is 14.4. The monoisotopic (exact) mass is 587 g/mol. The minimum Gasteiger partial charge on any atom is -0.497 e. The molecule has 14 heteroatoms. The first-order chi connectivity index (χ1) is 19.3. The fraction of sp³-hybridized carbons (Fsp3) is 0.407. The van der Waals surface area contributed by atoms with Crippen LogP contribution in [0, 0.1) is 17.0 Å². The maximum Gasteiger partial charge on any atom is 0.272 e. The molecule has 1 amide bonds. The smallest absolute Gasteiger partial charge is 0.272 e. The zero-order chi connectivity index (χ0) is 29.9. The number of non-ortho nitro benzene ring substituents is 1. The number of benzene rings is 2. The van der Waals surface area contributed by atoms with Crippen LogP contribution in [0.3, 0.4) is 0 Å². The highest BCUT2D eigenvalue weighted by molar-refractivity contribution is 7.89. The Kier molecular flexibility index (Phi) is 8.66. The number of sulfonamides is 1. The van der Waals surface area contributed by atoms with Crippen molar-refractivity contribution in [1.29, 1.82) is 0 Å². The van der Waals surface area contributed by atoms with E-state index >= 15 is 0 Å². The second kappa shape index (κ2) is 11.8. The standard InChI is InChI=1S/C27H33N5O8S/c1-17-24(25(33)28-16-21-7-6-14-39-21)29-31(18-8-11-20(38-5)12-9-18)26(17)40-22-13-10-19(32(34)35)15-23(22)41(36,37)30-27(2,3)4/h8-13,15,21,30H,6-7,14,16H2,1-5H3,(H,28,33). The summed E-state index contributed by atoms with van der Waals surface area (Å²) in [5.41, 5.74) is -0.415. The topological polar surface area (TPSA) is 164 Å². The van der Waals surface area contributed by atoms with Crippen molar-refractivity contribution in [2.75, 3.05) is 20.3 Å². The van der Waals surface area contributed by atoms with Crippen LogP contribution < -0.4 is 19.5 Å². The summed E-state index contributed by atoms with van der Waals surface area (Å²) in [7, 11) is -2.74. The van der Waals surface area contributed by atoms with Crippen LogP contribution in [0.15, 0.2) is 47.4 Å². The van der Waals surface area contributed by atoms with E-state index in [9.17, 15) is 23.3 Å². The Morgan fingerprint density at radius 2 is 1.93 bits per heavy atom. The summed E-state index contributed by atoms with van der Waals surface area (Å²) in [6.45, 7) is 7.52. The minimum absolute atomic E-state index is 0.0542. The number of nitro benzene ring substituents is 1. The zero-order valence-corrected chi connectivity index (χ0v) is 24.3. The lowest BCUT2D eigenvalue weighted by Gasteiger charge is -2.21. The van der Waals surface area contributed by atoms with Crippen LogP contribution >= 0.6 is 0 Å². The van der Waals surface area contributed by atoms with Gasteiger partial charge in [0.2, 0.25) is 15.9 Å². The Morgan fingerprint density at radius 1 is 1.22 bits per heavy atom. The molecule has 0 radical (unpaired) electrons. The molecule has 2 heterocycles. The number of aromatic nitrogens is 2. The summed E-state index contributed by atoms with van der Waals surface area (Å²) < 4.78 is 47.5. The van der Waals surface area contributed by atoms with Crippen molar-refractivity contribution in [3.63, 3.8) is 0 Å². The third-order valence-electron chi connectivity index (χ3n) is 6.19. The van der Waals surface area contributed by atoms with Crippen molar-refractivity contribution < 1.29 is 32.3 Å². The fourth-order valence-corrected chi connectivity index (χ4v) is 5.84. The second-order valence-corrected chi connectivity index (χ2v) is 12.2. The van der Waals surface area contributed by atoms with Gasteiger partial charge in [0.25, 0.3) is 11.6 Å². The molecule has 0 spiro atoms.